The summed E-state index contributed by atoms with van der Waals surface area (Å²) in [4.78, 5) is 39.0. The van der Waals surface area contributed by atoms with E-state index in [2.05, 4.69) is 10.6 Å². The Morgan fingerprint density at radius 1 is 0.615 bits per heavy atom. The van der Waals surface area contributed by atoms with Gasteiger partial charge in [0.25, 0.3) is 11.8 Å². The van der Waals surface area contributed by atoms with Gasteiger partial charge in [0.15, 0.2) is 0 Å². The standard InChI is InChI=1S/C32H30N2O5/c35-28-18-16-26(17-19-28)31(37)34-29(21-24-12-6-2-7-13-24)32(38)39-22-27(20-23-10-4-1-5-11-23)33-30(36)25-14-8-3-9-15-25/h1-19,27,29,35H,20-22H2,(H,33,36)(H,34,37)/t27-,29-/m0/s1. The number of rotatable bonds is 11. The molecule has 0 fully saturated rings. The molecule has 4 aromatic carbocycles. The van der Waals surface area contributed by atoms with E-state index in [1.165, 1.54) is 24.3 Å². The molecule has 3 N–H and O–H groups in total. The van der Waals surface area contributed by atoms with Crippen LogP contribution in [-0.2, 0) is 22.4 Å². The predicted molar refractivity (Wildman–Crippen MR) is 148 cm³/mol. The topological polar surface area (TPSA) is 105 Å². The van der Waals surface area contributed by atoms with Crippen molar-refractivity contribution in [1.82, 2.24) is 10.6 Å². The van der Waals surface area contributed by atoms with E-state index in [1.54, 1.807) is 24.3 Å². The van der Waals surface area contributed by atoms with Gasteiger partial charge in [-0.15, -0.1) is 0 Å². The van der Waals surface area contributed by atoms with Crippen LogP contribution in [-0.4, -0.2) is 41.6 Å². The van der Waals surface area contributed by atoms with Gasteiger partial charge in [-0.25, -0.2) is 4.79 Å². The van der Waals surface area contributed by atoms with Crippen molar-refractivity contribution >= 4 is 17.8 Å². The number of phenolic OH excluding ortho intramolecular Hbond substituents is 1. The summed E-state index contributed by atoms with van der Waals surface area (Å²) in [6.07, 6.45) is 0.680. The van der Waals surface area contributed by atoms with E-state index in [4.69, 9.17) is 4.74 Å². The fraction of sp³-hybridized carbons (Fsp3) is 0.156. The van der Waals surface area contributed by atoms with Crippen LogP contribution < -0.4 is 10.6 Å². The molecule has 0 aliphatic carbocycles. The first kappa shape index (κ1) is 27.1. The molecule has 0 aromatic heterocycles. The summed E-state index contributed by atoms with van der Waals surface area (Å²) in [7, 11) is 0. The Morgan fingerprint density at radius 2 is 1.10 bits per heavy atom. The zero-order valence-electron chi connectivity index (χ0n) is 21.3. The lowest BCUT2D eigenvalue weighted by Gasteiger charge is -2.22. The summed E-state index contributed by atoms with van der Waals surface area (Å²) in [6, 6.07) is 32.1. The second-order valence-electron chi connectivity index (χ2n) is 9.12. The Morgan fingerprint density at radius 3 is 1.69 bits per heavy atom. The minimum atomic E-state index is -0.962. The summed E-state index contributed by atoms with van der Waals surface area (Å²) in [5.74, 6) is -1.31. The molecule has 7 nitrogen and oxygen atoms in total. The first-order chi connectivity index (χ1) is 19.0. The molecular formula is C32H30N2O5. The van der Waals surface area contributed by atoms with Crippen molar-refractivity contribution in [2.75, 3.05) is 6.61 Å². The summed E-state index contributed by atoms with van der Waals surface area (Å²) in [5, 5.41) is 15.3. The van der Waals surface area contributed by atoms with Crippen LogP contribution in [0.3, 0.4) is 0 Å². The van der Waals surface area contributed by atoms with Crippen LogP contribution in [0, 0.1) is 0 Å². The zero-order valence-corrected chi connectivity index (χ0v) is 21.3. The van der Waals surface area contributed by atoms with Crippen LogP contribution in [0.15, 0.2) is 115 Å². The Bertz CT molecular complexity index is 1360. The van der Waals surface area contributed by atoms with Crippen molar-refractivity contribution in [3.63, 3.8) is 0 Å². The number of hydrogen-bond donors (Lipinski definition) is 3. The molecule has 4 aromatic rings. The van der Waals surface area contributed by atoms with Crippen molar-refractivity contribution in [2.24, 2.45) is 0 Å². The highest BCUT2D eigenvalue weighted by Crippen LogP contribution is 2.12. The van der Waals surface area contributed by atoms with Gasteiger partial charge in [-0.2, -0.15) is 0 Å². The number of nitrogens with one attached hydrogen (secondary N) is 2. The highest BCUT2D eigenvalue weighted by Gasteiger charge is 2.25. The highest BCUT2D eigenvalue weighted by molar-refractivity contribution is 5.97. The lowest BCUT2D eigenvalue weighted by molar-refractivity contribution is -0.146. The van der Waals surface area contributed by atoms with Crippen LogP contribution in [0.1, 0.15) is 31.8 Å². The van der Waals surface area contributed by atoms with Gasteiger partial charge >= 0.3 is 5.97 Å². The largest absolute Gasteiger partial charge is 0.508 e. The van der Waals surface area contributed by atoms with Gasteiger partial charge in [-0.05, 0) is 53.9 Å². The average molecular weight is 523 g/mol. The van der Waals surface area contributed by atoms with Gasteiger partial charge in [-0.1, -0.05) is 78.9 Å². The molecule has 0 heterocycles. The normalized spacial score (nSPS) is 12.1. The van der Waals surface area contributed by atoms with Crippen LogP contribution in [0.25, 0.3) is 0 Å². The zero-order chi connectivity index (χ0) is 27.5. The van der Waals surface area contributed by atoms with Crippen molar-refractivity contribution in [3.8, 4) is 5.75 Å². The predicted octanol–water partition coefficient (Wildman–Crippen LogP) is 4.32. The maximum atomic E-state index is 13.3. The van der Waals surface area contributed by atoms with E-state index in [0.29, 0.717) is 17.5 Å². The minimum Gasteiger partial charge on any atom is -0.508 e. The molecule has 2 amide bonds. The number of aromatic hydroxyl groups is 1. The summed E-state index contributed by atoms with van der Waals surface area (Å²) < 4.78 is 5.70. The van der Waals surface area contributed by atoms with E-state index in [9.17, 15) is 19.5 Å². The maximum Gasteiger partial charge on any atom is 0.329 e. The van der Waals surface area contributed by atoms with Crippen LogP contribution in [0.5, 0.6) is 5.75 Å². The third kappa shape index (κ3) is 8.30. The molecule has 4 rings (SSSR count). The second kappa shape index (κ2) is 13.6. The fourth-order valence-electron chi connectivity index (χ4n) is 4.09. The first-order valence-corrected chi connectivity index (χ1v) is 12.7. The quantitative estimate of drug-likeness (QED) is 0.255. The van der Waals surface area contributed by atoms with E-state index >= 15 is 0 Å². The molecule has 0 saturated carbocycles. The molecule has 39 heavy (non-hydrogen) atoms. The van der Waals surface area contributed by atoms with E-state index in [1.807, 2.05) is 66.7 Å². The number of hydrogen-bond acceptors (Lipinski definition) is 5. The monoisotopic (exact) mass is 522 g/mol. The Balaban J connectivity index is 1.47. The molecule has 0 spiro atoms. The van der Waals surface area contributed by atoms with E-state index in [-0.39, 0.29) is 24.7 Å². The molecule has 0 aliphatic heterocycles. The third-order valence-electron chi connectivity index (χ3n) is 6.12. The number of carbonyl (C=O) groups is 3. The lowest BCUT2D eigenvalue weighted by atomic mass is 10.0. The molecule has 0 unspecified atom stereocenters. The van der Waals surface area contributed by atoms with E-state index < -0.39 is 24.0 Å². The lowest BCUT2D eigenvalue weighted by Crippen LogP contribution is -2.46. The summed E-state index contributed by atoms with van der Waals surface area (Å²) in [6.45, 7) is -0.0767. The molecule has 0 saturated heterocycles. The molecule has 2 atom stereocenters. The highest BCUT2D eigenvalue weighted by atomic mass is 16.5. The molecule has 0 radical (unpaired) electrons. The van der Waals surface area contributed by atoms with Gasteiger partial charge < -0.3 is 20.5 Å². The van der Waals surface area contributed by atoms with Crippen molar-refractivity contribution in [1.29, 1.82) is 0 Å². The second-order valence-corrected chi connectivity index (χ2v) is 9.12. The van der Waals surface area contributed by atoms with Crippen molar-refractivity contribution in [2.45, 2.75) is 24.9 Å². The third-order valence-corrected chi connectivity index (χ3v) is 6.12. The van der Waals surface area contributed by atoms with Crippen LogP contribution in [0.4, 0.5) is 0 Å². The SMILES string of the molecule is O=C(N[C@H](COC(=O)[C@H](Cc1ccccc1)NC(=O)c1ccc(O)cc1)Cc1ccccc1)c1ccccc1. The average Bonchev–Trinajstić information content (AvgIpc) is 2.97. The Kier molecular flexibility index (Phi) is 9.45. The van der Waals surface area contributed by atoms with Crippen molar-refractivity contribution in [3.05, 3.63) is 138 Å². The van der Waals surface area contributed by atoms with Crippen LogP contribution >= 0.6 is 0 Å². The Hall–Kier alpha value is -4.91. The number of carbonyl (C=O) groups excluding carboxylic acids is 3. The molecular weight excluding hydrogens is 492 g/mol. The smallest absolute Gasteiger partial charge is 0.329 e. The van der Waals surface area contributed by atoms with Gasteiger partial charge in [0, 0.05) is 17.5 Å². The first-order valence-electron chi connectivity index (χ1n) is 12.7. The molecule has 7 heteroatoms. The number of ether oxygens (including phenoxy) is 1. The van der Waals surface area contributed by atoms with Gasteiger partial charge in [0.05, 0.1) is 6.04 Å². The fourth-order valence-corrected chi connectivity index (χ4v) is 4.09. The molecule has 198 valence electrons. The summed E-state index contributed by atoms with van der Waals surface area (Å²) >= 11 is 0. The van der Waals surface area contributed by atoms with E-state index in [0.717, 1.165) is 11.1 Å². The maximum absolute atomic E-state index is 13.3. The summed E-state index contributed by atoms with van der Waals surface area (Å²) in [5.41, 5.74) is 2.64. The minimum absolute atomic E-state index is 0.0359. The number of phenols is 1. The number of esters is 1. The van der Waals surface area contributed by atoms with Gasteiger partial charge in [0.1, 0.15) is 18.4 Å². The van der Waals surface area contributed by atoms with Crippen molar-refractivity contribution < 1.29 is 24.2 Å². The molecule has 0 aliphatic rings. The van der Waals surface area contributed by atoms with Gasteiger partial charge in [-0.3, -0.25) is 9.59 Å². The molecule has 0 bridgehead atoms. The Labute approximate surface area is 227 Å². The number of amides is 2. The van der Waals surface area contributed by atoms with Crippen LogP contribution in [0.2, 0.25) is 0 Å². The van der Waals surface area contributed by atoms with Gasteiger partial charge in [0.2, 0.25) is 0 Å². The number of benzene rings is 4.